The lowest BCUT2D eigenvalue weighted by molar-refractivity contribution is -0.140. The Labute approximate surface area is 201 Å². The zero-order chi connectivity index (χ0) is 24.9. The summed E-state index contributed by atoms with van der Waals surface area (Å²) >= 11 is 0. The number of hydrogen-bond donors (Lipinski definition) is 1. The molecular weight excluding hydrogens is 450 g/mol. The first kappa shape index (κ1) is 25.2. The second-order valence-electron chi connectivity index (χ2n) is 8.25. The second kappa shape index (κ2) is 10.7. The van der Waals surface area contributed by atoms with E-state index in [1.807, 2.05) is 68.4 Å². The number of rotatable bonds is 9. The van der Waals surface area contributed by atoms with Crippen molar-refractivity contribution in [1.82, 2.24) is 10.2 Å². The Morgan fingerprint density at radius 1 is 0.971 bits per heavy atom. The van der Waals surface area contributed by atoms with Crippen molar-refractivity contribution in [1.29, 1.82) is 0 Å². The molecule has 1 N–H and O–H groups in total. The lowest BCUT2D eigenvalue weighted by atomic mass is 10.1. The van der Waals surface area contributed by atoms with E-state index in [1.54, 1.807) is 12.1 Å². The fourth-order valence-corrected chi connectivity index (χ4v) is 4.94. The number of hydrogen-bond acceptors (Lipinski definition) is 4. The zero-order valence-electron chi connectivity index (χ0n) is 20.0. The van der Waals surface area contributed by atoms with E-state index in [-0.39, 0.29) is 12.5 Å². The average Bonchev–Trinajstić information content (AvgIpc) is 2.82. The van der Waals surface area contributed by atoms with Crippen LogP contribution in [0.3, 0.4) is 0 Å². The molecule has 2 amide bonds. The third-order valence-electron chi connectivity index (χ3n) is 5.95. The summed E-state index contributed by atoms with van der Waals surface area (Å²) in [7, 11) is -2.26. The molecule has 1 atom stereocenters. The molecule has 0 saturated carbocycles. The highest BCUT2D eigenvalue weighted by molar-refractivity contribution is 7.92. The van der Waals surface area contributed by atoms with Gasteiger partial charge < -0.3 is 10.2 Å². The van der Waals surface area contributed by atoms with Gasteiger partial charge in [-0.05, 0) is 35.9 Å². The summed E-state index contributed by atoms with van der Waals surface area (Å²) in [5.41, 5.74) is 2.31. The number of aryl methyl sites for hydroxylation is 1. The topological polar surface area (TPSA) is 86.8 Å². The Morgan fingerprint density at radius 2 is 1.62 bits per heavy atom. The normalized spacial score (nSPS) is 12.2. The van der Waals surface area contributed by atoms with Crippen molar-refractivity contribution in [2.24, 2.45) is 0 Å². The molecule has 0 bridgehead atoms. The number of likely N-dealkylation sites (N-methyl/N-ethyl adjacent to an activating group) is 1. The van der Waals surface area contributed by atoms with Crippen molar-refractivity contribution < 1.29 is 18.0 Å². The Bertz CT molecular complexity index is 1280. The van der Waals surface area contributed by atoms with Gasteiger partial charge in [-0.15, -0.1) is 0 Å². The summed E-state index contributed by atoms with van der Waals surface area (Å²) in [6.45, 7) is 3.56. The van der Waals surface area contributed by atoms with Crippen molar-refractivity contribution in [3.63, 3.8) is 0 Å². The number of nitrogens with one attached hydrogen (secondary N) is 1. The van der Waals surface area contributed by atoms with E-state index < -0.39 is 28.5 Å². The quantitative estimate of drug-likeness (QED) is 0.507. The fraction of sp³-hybridized carbons (Fsp3) is 0.308. The molecule has 0 aliphatic heterocycles. The number of carbonyl (C=O) groups excluding carboxylic acids is 2. The van der Waals surface area contributed by atoms with Crippen LogP contribution in [0.5, 0.6) is 0 Å². The van der Waals surface area contributed by atoms with E-state index >= 15 is 0 Å². The third-order valence-corrected chi connectivity index (χ3v) is 7.08. The predicted octanol–water partition coefficient (Wildman–Crippen LogP) is 3.47. The monoisotopic (exact) mass is 481 g/mol. The maximum absolute atomic E-state index is 13.7. The second-order valence-corrected chi connectivity index (χ2v) is 10.2. The van der Waals surface area contributed by atoms with Gasteiger partial charge in [0.15, 0.2) is 0 Å². The lowest BCUT2D eigenvalue weighted by Crippen LogP contribution is -2.51. The zero-order valence-corrected chi connectivity index (χ0v) is 20.8. The Kier molecular flexibility index (Phi) is 7.94. The summed E-state index contributed by atoms with van der Waals surface area (Å²) in [6.07, 6.45) is 1.48. The van der Waals surface area contributed by atoms with Gasteiger partial charge in [-0.25, -0.2) is 8.42 Å². The van der Waals surface area contributed by atoms with Crippen LogP contribution in [0.25, 0.3) is 10.8 Å². The molecule has 180 valence electrons. The van der Waals surface area contributed by atoms with Gasteiger partial charge in [-0.1, -0.05) is 67.6 Å². The first-order chi connectivity index (χ1) is 16.2. The van der Waals surface area contributed by atoms with Gasteiger partial charge in [-0.3, -0.25) is 13.9 Å². The molecule has 0 saturated heterocycles. The number of amides is 2. The Morgan fingerprint density at radius 3 is 2.26 bits per heavy atom. The summed E-state index contributed by atoms with van der Waals surface area (Å²) < 4.78 is 26.8. The largest absolute Gasteiger partial charge is 0.357 e. The van der Waals surface area contributed by atoms with Crippen LogP contribution in [0, 0.1) is 6.92 Å². The van der Waals surface area contributed by atoms with Gasteiger partial charge in [0.1, 0.15) is 12.6 Å². The summed E-state index contributed by atoms with van der Waals surface area (Å²) in [6, 6.07) is 19.7. The molecule has 34 heavy (non-hydrogen) atoms. The van der Waals surface area contributed by atoms with Crippen LogP contribution in [-0.4, -0.2) is 51.0 Å². The summed E-state index contributed by atoms with van der Waals surface area (Å²) in [5, 5.41) is 4.23. The number of sulfonamides is 1. The molecule has 0 spiro atoms. The van der Waals surface area contributed by atoms with Crippen LogP contribution in [0.4, 0.5) is 5.69 Å². The summed E-state index contributed by atoms with van der Waals surface area (Å²) in [5.74, 6) is -0.738. The molecule has 3 aromatic rings. The van der Waals surface area contributed by atoms with Crippen LogP contribution in [-0.2, 0) is 26.2 Å². The highest BCUT2D eigenvalue weighted by atomic mass is 32.2. The van der Waals surface area contributed by atoms with Crippen molar-refractivity contribution in [3.8, 4) is 0 Å². The van der Waals surface area contributed by atoms with Crippen molar-refractivity contribution in [2.45, 2.75) is 32.9 Å². The van der Waals surface area contributed by atoms with E-state index in [2.05, 4.69) is 5.32 Å². The van der Waals surface area contributed by atoms with Crippen LogP contribution in [0.2, 0.25) is 0 Å². The minimum absolute atomic E-state index is 0.199. The maximum atomic E-state index is 13.7. The van der Waals surface area contributed by atoms with E-state index in [9.17, 15) is 18.0 Å². The molecular formula is C26H31N3O4S. The Balaban J connectivity index is 2.04. The molecule has 0 aliphatic carbocycles. The van der Waals surface area contributed by atoms with Gasteiger partial charge in [-0.2, -0.15) is 0 Å². The molecule has 0 radical (unpaired) electrons. The highest BCUT2D eigenvalue weighted by Gasteiger charge is 2.31. The average molecular weight is 482 g/mol. The van der Waals surface area contributed by atoms with Crippen molar-refractivity contribution >= 4 is 38.3 Å². The van der Waals surface area contributed by atoms with E-state index in [0.717, 1.165) is 32.5 Å². The highest BCUT2D eigenvalue weighted by Crippen LogP contribution is 2.29. The first-order valence-electron chi connectivity index (χ1n) is 11.2. The van der Waals surface area contributed by atoms with E-state index in [1.165, 1.54) is 11.9 Å². The smallest absolute Gasteiger partial charge is 0.244 e. The number of nitrogens with zero attached hydrogens (tertiary/aromatic N) is 2. The third kappa shape index (κ3) is 5.56. The first-order valence-corrected chi connectivity index (χ1v) is 13.0. The number of carbonyl (C=O) groups is 2. The van der Waals surface area contributed by atoms with Crippen molar-refractivity contribution in [3.05, 3.63) is 77.9 Å². The predicted molar refractivity (Wildman–Crippen MR) is 136 cm³/mol. The van der Waals surface area contributed by atoms with Crippen molar-refractivity contribution in [2.75, 3.05) is 24.2 Å². The molecule has 0 aromatic heterocycles. The van der Waals surface area contributed by atoms with Crippen LogP contribution < -0.4 is 9.62 Å². The van der Waals surface area contributed by atoms with Gasteiger partial charge >= 0.3 is 0 Å². The van der Waals surface area contributed by atoms with Crippen LogP contribution >= 0.6 is 0 Å². The molecule has 0 fully saturated rings. The van der Waals surface area contributed by atoms with Gasteiger partial charge in [0, 0.05) is 19.0 Å². The number of anilines is 1. The van der Waals surface area contributed by atoms with Gasteiger partial charge in [0.25, 0.3) is 0 Å². The van der Waals surface area contributed by atoms with Gasteiger partial charge in [0.05, 0.1) is 11.9 Å². The fourth-order valence-electron chi connectivity index (χ4n) is 4.08. The molecule has 7 nitrogen and oxygen atoms in total. The van der Waals surface area contributed by atoms with Crippen LogP contribution in [0.15, 0.2) is 66.7 Å². The molecule has 3 rings (SSSR count). The lowest BCUT2D eigenvalue weighted by Gasteiger charge is -2.33. The van der Waals surface area contributed by atoms with Crippen LogP contribution in [0.1, 0.15) is 24.5 Å². The molecule has 3 aromatic carbocycles. The standard InChI is InChI=1S/C26H31N3O4S/c1-5-23(26(31)27-3)28(17-21-13-7-6-11-19(21)2)25(30)18-29(34(4,32)33)24-16-10-14-20-12-8-9-15-22(20)24/h6-16,23H,5,17-18H2,1-4H3,(H,27,31)/t23-/m1/s1. The molecule has 0 aliphatic rings. The molecule has 0 heterocycles. The minimum atomic E-state index is -3.79. The number of fused-ring (bicyclic) bond motifs is 1. The van der Waals surface area contributed by atoms with E-state index in [4.69, 9.17) is 0 Å². The van der Waals surface area contributed by atoms with Gasteiger partial charge in [0.2, 0.25) is 21.8 Å². The maximum Gasteiger partial charge on any atom is 0.244 e. The summed E-state index contributed by atoms with van der Waals surface area (Å²) in [4.78, 5) is 27.8. The molecule has 8 heteroatoms. The van der Waals surface area contributed by atoms with E-state index in [0.29, 0.717) is 12.1 Å². The molecule has 0 unspecified atom stereocenters. The minimum Gasteiger partial charge on any atom is -0.357 e. The SMILES string of the molecule is CC[C@H](C(=O)NC)N(Cc1ccccc1C)C(=O)CN(c1cccc2ccccc12)S(C)(=O)=O. The number of benzene rings is 3. The Hall–Kier alpha value is -3.39.